The van der Waals surface area contributed by atoms with Crippen LogP contribution in [-0.2, 0) is 16.0 Å². The molecule has 2 N–H and O–H groups in total. The number of aliphatic carboxylic acids is 1. The molecule has 4 heteroatoms. The molecule has 0 aromatic heterocycles. The number of benzene rings is 2. The number of hydrogen-bond donors (Lipinski definition) is 2. The average molecular weight is 297 g/mol. The number of carboxylic acid groups (broad SMARTS) is 1. The van der Waals surface area contributed by atoms with Crippen LogP contribution in [-0.4, -0.2) is 23.5 Å². The van der Waals surface area contributed by atoms with Gasteiger partial charge in [0.1, 0.15) is 0 Å². The Morgan fingerprint density at radius 3 is 2.45 bits per heavy atom. The molecule has 22 heavy (non-hydrogen) atoms. The number of carbonyl (C=O) groups excluding carboxylic acids is 1. The number of hydrogen-bond acceptors (Lipinski definition) is 2. The topological polar surface area (TPSA) is 66.4 Å². The molecule has 0 radical (unpaired) electrons. The maximum atomic E-state index is 12.0. The Morgan fingerprint density at radius 1 is 1.09 bits per heavy atom. The maximum absolute atomic E-state index is 12.0. The lowest BCUT2D eigenvalue weighted by Crippen LogP contribution is -2.32. The molecule has 0 saturated carbocycles. The summed E-state index contributed by atoms with van der Waals surface area (Å²) < 4.78 is 0. The minimum atomic E-state index is -0.943. The van der Waals surface area contributed by atoms with Crippen molar-refractivity contribution in [2.45, 2.75) is 19.3 Å². The van der Waals surface area contributed by atoms with Crippen molar-refractivity contribution in [2.24, 2.45) is 0 Å². The predicted molar refractivity (Wildman–Crippen MR) is 84.7 cm³/mol. The molecule has 0 heterocycles. The van der Waals surface area contributed by atoms with Gasteiger partial charge in [-0.1, -0.05) is 60.2 Å². The third kappa shape index (κ3) is 4.45. The fourth-order valence-corrected chi connectivity index (χ4v) is 2.32. The quantitative estimate of drug-likeness (QED) is 0.861. The number of amides is 1. The summed E-state index contributed by atoms with van der Waals surface area (Å²) in [7, 11) is 0. The Balaban J connectivity index is 1.95. The zero-order chi connectivity index (χ0) is 15.9. The van der Waals surface area contributed by atoms with Gasteiger partial charge in [-0.3, -0.25) is 9.59 Å². The van der Waals surface area contributed by atoms with Gasteiger partial charge in [-0.2, -0.15) is 0 Å². The molecule has 0 fully saturated rings. The summed E-state index contributed by atoms with van der Waals surface area (Å²) in [6, 6.07) is 16.6. The standard InChI is InChI=1S/C18H19NO3/c1-13-6-5-7-14(10-13)11-17(20)19-12-16(18(21)22)15-8-3-2-4-9-15/h2-10,16H,11-12H2,1H3,(H,19,20)(H,21,22)/t16-/m0/s1. The monoisotopic (exact) mass is 297 g/mol. The zero-order valence-electron chi connectivity index (χ0n) is 12.5. The lowest BCUT2D eigenvalue weighted by Gasteiger charge is -2.14. The van der Waals surface area contributed by atoms with Gasteiger partial charge in [-0.25, -0.2) is 0 Å². The summed E-state index contributed by atoms with van der Waals surface area (Å²) in [6.45, 7) is 2.06. The molecule has 0 bridgehead atoms. The second-order valence-electron chi connectivity index (χ2n) is 5.27. The van der Waals surface area contributed by atoms with Crippen molar-refractivity contribution in [3.63, 3.8) is 0 Å². The molecular formula is C18H19NO3. The van der Waals surface area contributed by atoms with Gasteiger partial charge in [0.25, 0.3) is 0 Å². The zero-order valence-corrected chi connectivity index (χ0v) is 12.5. The van der Waals surface area contributed by atoms with Gasteiger partial charge >= 0.3 is 5.97 Å². The molecule has 1 atom stereocenters. The fraction of sp³-hybridized carbons (Fsp3) is 0.222. The van der Waals surface area contributed by atoms with Gasteiger partial charge in [-0.05, 0) is 18.1 Å². The van der Waals surface area contributed by atoms with E-state index in [0.717, 1.165) is 11.1 Å². The molecule has 0 saturated heterocycles. The number of rotatable bonds is 6. The molecule has 0 unspecified atom stereocenters. The molecule has 0 aliphatic heterocycles. The lowest BCUT2D eigenvalue weighted by atomic mass is 9.99. The van der Waals surface area contributed by atoms with Crippen LogP contribution < -0.4 is 5.32 Å². The smallest absolute Gasteiger partial charge is 0.312 e. The summed E-state index contributed by atoms with van der Waals surface area (Å²) in [5.74, 6) is -1.85. The van der Waals surface area contributed by atoms with Crippen molar-refractivity contribution in [1.29, 1.82) is 0 Å². The van der Waals surface area contributed by atoms with Gasteiger partial charge in [0.15, 0.2) is 0 Å². The second-order valence-corrected chi connectivity index (χ2v) is 5.27. The fourth-order valence-electron chi connectivity index (χ4n) is 2.32. The highest BCUT2D eigenvalue weighted by Gasteiger charge is 2.20. The third-order valence-electron chi connectivity index (χ3n) is 3.45. The number of aryl methyl sites for hydroxylation is 1. The summed E-state index contributed by atoms with van der Waals surface area (Å²) >= 11 is 0. The Kier molecular flexibility index (Phi) is 5.31. The highest BCUT2D eigenvalue weighted by Crippen LogP contribution is 2.15. The van der Waals surface area contributed by atoms with Crippen molar-refractivity contribution in [1.82, 2.24) is 5.32 Å². The number of carbonyl (C=O) groups is 2. The van der Waals surface area contributed by atoms with E-state index in [0.29, 0.717) is 5.56 Å². The normalized spacial score (nSPS) is 11.7. The predicted octanol–water partition coefficient (Wildman–Crippen LogP) is 2.52. The van der Waals surface area contributed by atoms with Gasteiger partial charge in [0.2, 0.25) is 5.91 Å². The van der Waals surface area contributed by atoms with Gasteiger partial charge in [0, 0.05) is 6.54 Å². The number of carboxylic acids is 1. The Morgan fingerprint density at radius 2 is 1.82 bits per heavy atom. The molecule has 0 aliphatic carbocycles. The van der Waals surface area contributed by atoms with Crippen molar-refractivity contribution in [3.05, 3.63) is 71.3 Å². The molecule has 0 aliphatic rings. The van der Waals surface area contributed by atoms with Crippen LogP contribution in [0.4, 0.5) is 0 Å². The minimum absolute atomic E-state index is 0.0873. The van der Waals surface area contributed by atoms with E-state index in [9.17, 15) is 14.7 Å². The molecule has 114 valence electrons. The van der Waals surface area contributed by atoms with Crippen LogP contribution in [0.2, 0.25) is 0 Å². The van der Waals surface area contributed by atoms with Gasteiger partial charge < -0.3 is 10.4 Å². The van der Waals surface area contributed by atoms with Crippen LogP contribution in [0.3, 0.4) is 0 Å². The molecule has 0 spiro atoms. The summed E-state index contributed by atoms with van der Waals surface area (Å²) in [4.78, 5) is 23.3. The van der Waals surface area contributed by atoms with Crippen molar-refractivity contribution in [3.8, 4) is 0 Å². The molecule has 4 nitrogen and oxygen atoms in total. The molecule has 2 rings (SSSR count). The average Bonchev–Trinajstić information content (AvgIpc) is 2.48. The second kappa shape index (κ2) is 7.41. The van der Waals surface area contributed by atoms with Gasteiger partial charge in [0.05, 0.1) is 12.3 Å². The minimum Gasteiger partial charge on any atom is -0.481 e. The molecule has 2 aromatic rings. The highest BCUT2D eigenvalue weighted by atomic mass is 16.4. The number of nitrogens with one attached hydrogen (secondary N) is 1. The van der Waals surface area contributed by atoms with E-state index >= 15 is 0 Å². The van der Waals surface area contributed by atoms with Crippen LogP contribution in [0.15, 0.2) is 54.6 Å². The first-order valence-electron chi connectivity index (χ1n) is 7.16. The lowest BCUT2D eigenvalue weighted by molar-refractivity contribution is -0.138. The van der Waals surface area contributed by atoms with Crippen molar-refractivity contribution < 1.29 is 14.7 Å². The van der Waals surface area contributed by atoms with Crippen LogP contribution in [0.25, 0.3) is 0 Å². The largest absolute Gasteiger partial charge is 0.481 e. The highest BCUT2D eigenvalue weighted by molar-refractivity contribution is 5.81. The van der Waals surface area contributed by atoms with E-state index in [1.165, 1.54) is 0 Å². The Bertz CT molecular complexity index is 652. The van der Waals surface area contributed by atoms with E-state index in [1.807, 2.05) is 37.3 Å². The van der Waals surface area contributed by atoms with Crippen LogP contribution >= 0.6 is 0 Å². The first kappa shape index (κ1) is 15.8. The molecule has 1 amide bonds. The van der Waals surface area contributed by atoms with Crippen LogP contribution in [0.1, 0.15) is 22.6 Å². The summed E-state index contributed by atoms with van der Waals surface area (Å²) in [5.41, 5.74) is 2.70. The van der Waals surface area contributed by atoms with Crippen LogP contribution in [0.5, 0.6) is 0 Å². The maximum Gasteiger partial charge on any atom is 0.312 e. The summed E-state index contributed by atoms with van der Waals surface area (Å²) in [6.07, 6.45) is 0.253. The van der Waals surface area contributed by atoms with E-state index in [1.54, 1.807) is 24.3 Å². The first-order valence-corrected chi connectivity index (χ1v) is 7.16. The van der Waals surface area contributed by atoms with Crippen molar-refractivity contribution in [2.75, 3.05) is 6.54 Å². The Labute approximate surface area is 129 Å². The van der Waals surface area contributed by atoms with Crippen LogP contribution in [0, 0.1) is 6.92 Å². The van der Waals surface area contributed by atoms with Crippen molar-refractivity contribution >= 4 is 11.9 Å². The third-order valence-corrected chi connectivity index (χ3v) is 3.45. The molecule has 2 aromatic carbocycles. The van der Waals surface area contributed by atoms with E-state index < -0.39 is 11.9 Å². The van der Waals surface area contributed by atoms with Gasteiger partial charge in [-0.15, -0.1) is 0 Å². The van der Waals surface area contributed by atoms with E-state index in [-0.39, 0.29) is 18.9 Å². The Hall–Kier alpha value is -2.62. The first-order chi connectivity index (χ1) is 10.6. The van der Waals surface area contributed by atoms with E-state index in [2.05, 4.69) is 5.32 Å². The van der Waals surface area contributed by atoms with E-state index in [4.69, 9.17) is 0 Å². The molecular weight excluding hydrogens is 278 g/mol. The summed E-state index contributed by atoms with van der Waals surface area (Å²) in [5, 5.41) is 12.0. The SMILES string of the molecule is Cc1cccc(CC(=O)NC[C@H](C(=O)O)c2ccccc2)c1.